The van der Waals surface area contributed by atoms with Gasteiger partial charge in [0.2, 0.25) is 10.0 Å². The van der Waals surface area contributed by atoms with Gasteiger partial charge in [-0.25, -0.2) is 18.5 Å². The normalized spacial score (nSPS) is 11.1. The first-order valence-electron chi connectivity index (χ1n) is 7.26. The Bertz CT molecular complexity index is 922. The highest BCUT2D eigenvalue weighted by atomic mass is 35.5. The van der Waals surface area contributed by atoms with Crippen molar-refractivity contribution in [2.45, 2.75) is 4.90 Å². The SMILES string of the molecule is COc1ccc(S(N)(=O)=O)cc1C(=O)NCCNc1ncc(Cl)cc1Cl. The standard InChI is InChI=1S/C15H16Cl2N4O4S/c1-25-13-3-2-10(26(18,23)24)7-11(13)15(22)20-5-4-19-14-12(17)6-9(16)8-21-14/h2-3,6-8H,4-5H2,1H3,(H,19,21)(H,20,22)(H2,18,23,24). The van der Waals surface area contributed by atoms with Gasteiger partial charge in [0.1, 0.15) is 11.6 Å². The van der Waals surface area contributed by atoms with Crippen molar-refractivity contribution in [2.24, 2.45) is 5.14 Å². The molecule has 4 N–H and O–H groups in total. The third kappa shape index (κ3) is 5.21. The molecule has 8 nitrogen and oxygen atoms in total. The zero-order valence-electron chi connectivity index (χ0n) is 13.6. The highest BCUT2D eigenvalue weighted by molar-refractivity contribution is 7.89. The number of benzene rings is 1. The molecule has 0 saturated heterocycles. The summed E-state index contributed by atoms with van der Waals surface area (Å²) in [6.45, 7) is 0.555. The quantitative estimate of drug-likeness (QED) is 0.589. The van der Waals surface area contributed by atoms with Gasteiger partial charge in [-0.1, -0.05) is 23.2 Å². The van der Waals surface area contributed by atoms with Crippen LogP contribution < -0.4 is 20.5 Å². The largest absolute Gasteiger partial charge is 0.496 e. The number of hydrogen-bond acceptors (Lipinski definition) is 6. The summed E-state index contributed by atoms with van der Waals surface area (Å²) in [4.78, 5) is 16.2. The van der Waals surface area contributed by atoms with Crippen LogP contribution in [0.5, 0.6) is 5.75 Å². The van der Waals surface area contributed by atoms with Gasteiger partial charge >= 0.3 is 0 Å². The minimum atomic E-state index is -3.93. The van der Waals surface area contributed by atoms with E-state index in [1.165, 1.54) is 25.4 Å². The Labute approximate surface area is 160 Å². The second kappa shape index (κ2) is 8.54. The van der Waals surface area contributed by atoms with Gasteiger partial charge < -0.3 is 15.4 Å². The highest BCUT2D eigenvalue weighted by Crippen LogP contribution is 2.23. The van der Waals surface area contributed by atoms with E-state index in [-0.39, 0.29) is 22.8 Å². The summed E-state index contributed by atoms with van der Waals surface area (Å²) >= 11 is 11.8. The average Bonchev–Trinajstić information content (AvgIpc) is 2.58. The molecule has 140 valence electrons. The van der Waals surface area contributed by atoms with E-state index in [2.05, 4.69) is 15.6 Å². The number of hydrogen-bond donors (Lipinski definition) is 3. The lowest BCUT2D eigenvalue weighted by molar-refractivity contribution is 0.0952. The number of carbonyl (C=O) groups is 1. The van der Waals surface area contributed by atoms with E-state index in [9.17, 15) is 13.2 Å². The van der Waals surface area contributed by atoms with Crippen molar-refractivity contribution in [3.05, 3.63) is 46.1 Å². The lowest BCUT2D eigenvalue weighted by Crippen LogP contribution is -2.29. The number of halogens is 2. The number of nitrogens with two attached hydrogens (primary N) is 1. The number of pyridine rings is 1. The summed E-state index contributed by atoms with van der Waals surface area (Å²) in [5, 5.41) is 11.4. The Hall–Kier alpha value is -2.07. The van der Waals surface area contributed by atoms with E-state index in [0.717, 1.165) is 6.07 Å². The molecule has 1 aromatic heterocycles. The second-order valence-corrected chi connectivity index (χ2v) is 7.48. The third-order valence-electron chi connectivity index (χ3n) is 3.25. The fraction of sp³-hybridized carbons (Fsp3) is 0.200. The van der Waals surface area contributed by atoms with Crippen LogP contribution in [-0.4, -0.2) is 39.5 Å². The van der Waals surface area contributed by atoms with Crippen molar-refractivity contribution in [1.29, 1.82) is 0 Å². The van der Waals surface area contributed by atoms with Gasteiger partial charge in [0, 0.05) is 19.3 Å². The summed E-state index contributed by atoms with van der Waals surface area (Å²) in [6.07, 6.45) is 1.44. The van der Waals surface area contributed by atoms with Gasteiger partial charge in [0.25, 0.3) is 5.91 Å². The number of ether oxygens (including phenoxy) is 1. The number of sulfonamides is 1. The van der Waals surface area contributed by atoms with Gasteiger partial charge in [-0.15, -0.1) is 0 Å². The molecular formula is C15H16Cl2N4O4S. The molecule has 0 atom stereocenters. The van der Waals surface area contributed by atoms with Crippen molar-refractivity contribution >= 4 is 45.0 Å². The number of amides is 1. The Balaban J connectivity index is 2.01. The molecule has 2 aromatic rings. The minimum absolute atomic E-state index is 0.0571. The van der Waals surface area contributed by atoms with Crippen molar-refractivity contribution in [3.63, 3.8) is 0 Å². The predicted molar refractivity (Wildman–Crippen MR) is 99.4 cm³/mol. The topological polar surface area (TPSA) is 123 Å². The van der Waals surface area contributed by atoms with E-state index in [1.54, 1.807) is 6.07 Å². The van der Waals surface area contributed by atoms with Crippen molar-refractivity contribution < 1.29 is 17.9 Å². The Kier molecular flexibility index (Phi) is 6.65. The molecule has 26 heavy (non-hydrogen) atoms. The molecular weight excluding hydrogens is 403 g/mol. The molecule has 0 radical (unpaired) electrons. The maximum absolute atomic E-state index is 12.3. The fourth-order valence-corrected chi connectivity index (χ4v) is 3.03. The summed E-state index contributed by atoms with van der Waals surface area (Å²) < 4.78 is 28.0. The predicted octanol–water partition coefficient (Wildman–Crippen LogP) is 1.89. The highest BCUT2D eigenvalue weighted by Gasteiger charge is 2.17. The van der Waals surface area contributed by atoms with Crippen LogP contribution in [-0.2, 0) is 10.0 Å². The number of nitrogens with zero attached hydrogens (tertiary/aromatic N) is 1. The fourth-order valence-electron chi connectivity index (χ4n) is 2.04. The number of carbonyl (C=O) groups excluding carboxylic acids is 1. The zero-order valence-corrected chi connectivity index (χ0v) is 16.0. The lowest BCUT2D eigenvalue weighted by Gasteiger charge is -2.12. The Morgan fingerprint density at radius 3 is 2.62 bits per heavy atom. The number of rotatable bonds is 7. The second-order valence-electron chi connectivity index (χ2n) is 5.07. The molecule has 0 bridgehead atoms. The number of aromatic nitrogens is 1. The van der Waals surface area contributed by atoms with Crippen molar-refractivity contribution in [3.8, 4) is 5.75 Å². The van der Waals surface area contributed by atoms with E-state index >= 15 is 0 Å². The minimum Gasteiger partial charge on any atom is -0.496 e. The molecule has 0 aliphatic carbocycles. The number of nitrogens with one attached hydrogen (secondary N) is 2. The smallest absolute Gasteiger partial charge is 0.255 e. The van der Waals surface area contributed by atoms with Crippen molar-refractivity contribution in [1.82, 2.24) is 10.3 Å². The van der Waals surface area contributed by atoms with Crippen LogP contribution in [0.25, 0.3) is 0 Å². The molecule has 11 heteroatoms. The molecule has 0 spiro atoms. The van der Waals surface area contributed by atoms with Crippen LogP contribution in [0, 0.1) is 0 Å². The van der Waals surface area contributed by atoms with Crippen LogP contribution >= 0.6 is 23.2 Å². The third-order valence-corrected chi connectivity index (χ3v) is 4.66. The van der Waals surface area contributed by atoms with E-state index < -0.39 is 15.9 Å². The molecule has 0 aliphatic heterocycles. The van der Waals surface area contributed by atoms with Crippen LogP contribution in [0.4, 0.5) is 5.82 Å². The molecule has 1 heterocycles. The first kappa shape index (κ1) is 20.2. The first-order chi connectivity index (χ1) is 12.2. The van der Waals surface area contributed by atoms with Crippen LogP contribution in [0.3, 0.4) is 0 Å². The summed E-state index contributed by atoms with van der Waals surface area (Å²) in [5.41, 5.74) is 0.0571. The van der Waals surface area contributed by atoms with Crippen LogP contribution in [0.15, 0.2) is 35.4 Å². The van der Waals surface area contributed by atoms with E-state index in [0.29, 0.717) is 22.4 Å². The first-order valence-corrected chi connectivity index (χ1v) is 9.56. The summed E-state index contributed by atoms with van der Waals surface area (Å²) in [7, 11) is -2.56. The Morgan fingerprint density at radius 1 is 1.27 bits per heavy atom. The summed E-state index contributed by atoms with van der Waals surface area (Å²) in [5.74, 6) is 0.147. The summed E-state index contributed by atoms with van der Waals surface area (Å²) in [6, 6.07) is 5.33. The van der Waals surface area contributed by atoms with Gasteiger partial charge in [0.15, 0.2) is 0 Å². The zero-order chi connectivity index (χ0) is 19.3. The van der Waals surface area contributed by atoms with Crippen LogP contribution in [0.2, 0.25) is 10.0 Å². The number of anilines is 1. The maximum atomic E-state index is 12.3. The van der Waals surface area contributed by atoms with Crippen LogP contribution in [0.1, 0.15) is 10.4 Å². The molecule has 0 aliphatic rings. The average molecular weight is 419 g/mol. The molecule has 0 fully saturated rings. The molecule has 1 aromatic carbocycles. The monoisotopic (exact) mass is 418 g/mol. The van der Waals surface area contributed by atoms with Crippen molar-refractivity contribution in [2.75, 3.05) is 25.5 Å². The van der Waals surface area contributed by atoms with Gasteiger partial charge in [-0.2, -0.15) is 0 Å². The van der Waals surface area contributed by atoms with Gasteiger partial charge in [0.05, 0.1) is 27.6 Å². The molecule has 1 amide bonds. The van der Waals surface area contributed by atoms with E-state index in [4.69, 9.17) is 33.1 Å². The molecule has 0 saturated carbocycles. The van der Waals surface area contributed by atoms with E-state index in [1.807, 2.05) is 0 Å². The molecule has 2 rings (SSSR count). The Morgan fingerprint density at radius 2 is 2.00 bits per heavy atom. The number of methoxy groups -OCH3 is 1. The molecule has 0 unspecified atom stereocenters. The van der Waals surface area contributed by atoms with Gasteiger partial charge in [-0.05, 0) is 24.3 Å². The van der Waals surface area contributed by atoms with Gasteiger partial charge in [-0.3, -0.25) is 4.79 Å². The maximum Gasteiger partial charge on any atom is 0.255 e. The lowest BCUT2D eigenvalue weighted by atomic mass is 10.2. The number of primary sulfonamides is 1.